The summed E-state index contributed by atoms with van der Waals surface area (Å²) in [5.41, 5.74) is 5.39. The molecule has 0 amide bonds. The van der Waals surface area contributed by atoms with E-state index in [2.05, 4.69) is 0 Å². The summed E-state index contributed by atoms with van der Waals surface area (Å²) in [7, 11) is 0. The molecule has 0 aliphatic heterocycles. The molecule has 15 heavy (non-hydrogen) atoms. The summed E-state index contributed by atoms with van der Waals surface area (Å²) < 4.78 is 13.1. The van der Waals surface area contributed by atoms with Crippen molar-refractivity contribution in [2.45, 2.75) is 4.90 Å². The maximum absolute atomic E-state index is 13.1. The quantitative estimate of drug-likeness (QED) is 0.337. The third kappa shape index (κ3) is 3.11. The van der Waals surface area contributed by atoms with Gasteiger partial charge < -0.3 is 0 Å². The van der Waals surface area contributed by atoms with Gasteiger partial charge in [0.1, 0.15) is 17.5 Å². The van der Waals surface area contributed by atoms with Gasteiger partial charge in [0.2, 0.25) is 0 Å². The van der Waals surface area contributed by atoms with Crippen LogP contribution < -0.4 is 11.1 Å². The van der Waals surface area contributed by atoms with Crippen LogP contribution in [0.4, 0.5) is 4.39 Å². The number of halogens is 1. The van der Waals surface area contributed by atoms with Crippen molar-refractivity contribution in [1.82, 2.24) is 0 Å². The van der Waals surface area contributed by atoms with Crippen molar-refractivity contribution in [3.63, 3.8) is 0 Å². The number of benzene rings is 1. The normalized spacial score (nSPS) is 10.8. The van der Waals surface area contributed by atoms with Gasteiger partial charge in [-0.3, -0.25) is 11.1 Å². The minimum absolute atomic E-state index is 0.0682. The highest BCUT2D eigenvalue weighted by atomic mass is 32.2. The molecule has 0 saturated heterocycles. The van der Waals surface area contributed by atoms with Gasteiger partial charge in [-0.25, -0.2) is 4.39 Å². The molecule has 0 radical (unpaired) electrons. The highest BCUT2D eigenvalue weighted by Crippen LogP contribution is 2.23. The molecular formula is C10H9FN3S+. The maximum Gasteiger partial charge on any atom is 0.282 e. The van der Waals surface area contributed by atoms with Crippen molar-refractivity contribution in [3.05, 3.63) is 41.1 Å². The fourth-order valence-electron chi connectivity index (χ4n) is 0.822. The molecule has 0 aliphatic rings. The second kappa shape index (κ2) is 5.17. The van der Waals surface area contributed by atoms with Crippen LogP contribution in [0.2, 0.25) is 0 Å². The zero-order valence-corrected chi connectivity index (χ0v) is 8.59. The highest BCUT2D eigenvalue weighted by molar-refractivity contribution is 8.02. The molecule has 1 aromatic rings. The van der Waals surface area contributed by atoms with Gasteiger partial charge in [0, 0.05) is 10.3 Å². The van der Waals surface area contributed by atoms with E-state index in [1.54, 1.807) is 18.2 Å². The first kappa shape index (κ1) is 11.3. The van der Waals surface area contributed by atoms with E-state index in [1.165, 1.54) is 11.5 Å². The van der Waals surface area contributed by atoms with Gasteiger partial charge in [-0.1, -0.05) is 23.9 Å². The molecule has 0 saturated carbocycles. The fourth-order valence-corrected chi connectivity index (χ4v) is 1.59. The van der Waals surface area contributed by atoms with E-state index in [0.717, 1.165) is 11.8 Å². The van der Waals surface area contributed by atoms with E-state index in [9.17, 15) is 4.39 Å². The number of amidine groups is 1. The standard InChI is InChI=1S/C10H8FN3S/c11-8-3-1-2-4-9(8)15-6-7(5-12)10(13)14/h1-4,6H,(H3,13,14)/p+1/b7-6+. The average Bonchev–Trinajstić information content (AvgIpc) is 2.21. The minimum Gasteiger partial charge on any atom is -0.286 e. The Morgan fingerprint density at radius 1 is 1.53 bits per heavy atom. The Hall–Kier alpha value is -1.80. The lowest BCUT2D eigenvalue weighted by molar-refractivity contribution is -0.114. The summed E-state index contributed by atoms with van der Waals surface area (Å²) in [6.07, 6.45) is 0. The molecule has 0 aromatic heterocycles. The zero-order valence-electron chi connectivity index (χ0n) is 7.77. The molecule has 3 nitrogen and oxygen atoms in total. The molecule has 0 unspecified atom stereocenters. The molecule has 1 aromatic carbocycles. The molecule has 4 N–H and O–H groups in total. The van der Waals surface area contributed by atoms with Crippen LogP contribution in [0.3, 0.4) is 0 Å². The van der Waals surface area contributed by atoms with Crippen molar-refractivity contribution in [2.75, 3.05) is 0 Å². The third-order valence-electron chi connectivity index (χ3n) is 1.57. The van der Waals surface area contributed by atoms with E-state index < -0.39 is 0 Å². The van der Waals surface area contributed by atoms with Crippen molar-refractivity contribution in [3.8, 4) is 6.07 Å². The summed E-state index contributed by atoms with van der Waals surface area (Å²) in [6, 6.07) is 8.08. The molecule has 76 valence electrons. The van der Waals surface area contributed by atoms with Crippen LogP contribution >= 0.6 is 11.8 Å². The Morgan fingerprint density at radius 3 is 2.73 bits per heavy atom. The Labute approximate surface area is 90.9 Å². The van der Waals surface area contributed by atoms with Crippen molar-refractivity contribution in [1.29, 1.82) is 5.26 Å². The first-order valence-electron chi connectivity index (χ1n) is 4.05. The van der Waals surface area contributed by atoms with Gasteiger partial charge in [0.15, 0.2) is 0 Å². The van der Waals surface area contributed by atoms with Crippen molar-refractivity contribution < 1.29 is 9.80 Å². The van der Waals surface area contributed by atoms with Gasteiger partial charge >= 0.3 is 0 Å². The van der Waals surface area contributed by atoms with Gasteiger partial charge in [-0.05, 0) is 12.1 Å². The Balaban J connectivity index is 2.85. The Morgan fingerprint density at radius 2 is 2.20 bits per heavy atom. The van der Waals surface area contributed by atoms with E-state index in [4.69, 9.17) is 16.4 Å². The summed E-state index contributed by atoms with van der Waals surface area (Å²) in [4.78, 5) is 0.423. The Bertz CT molecular complexity index is 448. The summed E-state index contributed by atoms with van der Waals surface area (Å²) in [5, 5.41) is 15.3. The van der Waals surface area contributed by atoms with Crippen LogP contribution in [0.15, 0.2) is 40.1 Å². The van der Waals surface area contributed by atoms with Crippen molar-refractivity contribution in [2.24, 2.45) is 5.73 Å². The van der Waals surface area contributed by atoms with Crippen LogP contribution in [-0.2, 0) is 0 Å². The number of hydrogen-bond donors (Lipinski definition) is 2. The topological polar surface area (TPSA) is 75.4 Å². The molecule has 1 rings (SSSR count). The number of nitrogens with zero attached hydrogens (tertiary/aromatic N) is 1. The predicted octanol–water partition coefficient (Wildman–Crippen LogP) is 0.442. The van der Waals surface area contributed by atoms with Gasteiger partial charge in [0.05, 0.1) is 0 Å². The SMILES string of the molecule is N#C/C(=C\Sc1ccccc1F)C(N)=[NH2+]. The molecule has 5 heteroatoms. The summed E-state index contributed by atoms with van der Waals surface area (Å²) in [6.45, 7) is 0. The number of nitriles is 1. The highest BCUT2D eigenvalue weighted by Gasteiger charge is 2.06. The second-order valence-corrected chi connectivity index (χ2v) is 3.56. The van der Waals surface area contributed by atoms with Gasteiger partial charge in [0.25, 0.3) is 5.84 Å². The number of hydrogen-bond acceptors (Lipinski definition) is 2. The fraction of sp³-hybridized carbons (Fsp3) is 0. The molecule has 0 fully saturated rings. The van der Waals surface area contributed by atoms with E-state index in [1.807, 2.05) is 6.07 Å². The first-order chi connectivity index (χ1) is 7.15. The monoisotopic (exact) mass is 222 g/mol. The lowest BCUT2D eigenvalue weighted by Crippen LogP contribution is -2.46. The van der Waals surface area contributed by atoms with Crippen LogP contribution in [0, 0.1) is 17.1 Å². The van der Waals surface area contributed by atoms with Gasteiger partial charge in [-0.2, -0.15) is 5.26 Å². The smallest absolute Gasteiger partial charge is 0.282 e. The molecular weight excluding hydrogens is 213 g/mol. The van der Waals surface area contributed by atoms with Crippen LogP contribution in [-0.4, -0.2) is 5.84 Å². The average molecular weight is 222 g/mol. The number of rotatable bonds is 3. The number of nitrogens with two attached hydrogens (primary N) is 2. The lowest BCUT2D eigenvalue weighted by Gasteiger charge is -1.97. The van der Waals surface area contributed by atoms with Crippen LogP contribution in [0.1, 0.15) is 0 Å². The number of thioether (sulfide) groups is 1. The largest absolute Gasteiger partial charge is 0.286 e. The molecule has 0 bridgehead atoms. The van der Waals surface area contributed by atoms with Gasteiger partial charge in [-0.15, -0.1) is 0 Å². The zero-order chi connectivity index (χ0) is 11.3. The van der Waals surface area contributed by atoms with Crippen LogP contribution in [0.25, 0.3) is 0 Å². The summed E-state index contributed by atoms with van der Waals surface area (Å²) in [5.74, 6) is -0.409. The molecule has 0 aliphatic carbocycles. The molecule has 0 heterocycles. The van der Waals surface area contributed by atoms with E-state index in [0.29, 0.717) is 4.90 Å². The summed E-state index contributed by atoms with van der Waals surface area (Å²) >= 11 is 1.07. The van der Waals surface area contributed by atoms with E-state index >= 15 is 0 Å². The Kier molecular flexibility index (Phi) is 3.89. The lowest BCUT2D eigenvalue weighted by atomic mass is 10.3. The predicted molar refractivity (Wildman–Crippen MR) is 57.1 cm³/mol. The second-order valence-electron chi connectivity index (χ2n) is 2.65. The molecule has 0 spiro atoms. The van der Waals surface area contributed by atoms with Crippen molar-refractivity contribution >= 4 is 17.6 Å². The van der Waals surface area contributed by atoms with Crippen LogP contribution in [0.5, 0.6) is 0 Å². The minimum atomic E-state index is -0.341. The molecule has 0 atom stereocenters. The first-order valence-corrected chi connectivity index (χ1v) is 4.93. The third-order valence-corrected chi connectivity index (χ3v) is 2.51. The van der Waals surface area contributed by atoms with E-state index in [-0.39, 0.29) is 17.2 Å². The maximum atomic E-state index is 13.1.